The molecule has 0 radical (unpaired) electrons. The Morgan fingerprint density at radius 3 is 1.44 bits per heavy atom. The van der Waals surface area contributed by atoms with Crippen LogP contribution in [-0.2, 0) is 54.5 Å². The second-order valence-corrected chi connectivity index (χ2v) is 23.3. The van der Waals surface area contributed by atoms with Crippen molar-refractivity contribution in [2.24, 2.45) is 16.0 Å². The predicted octanol–water partition coefficient (Wildman–Crippen LogP) is 12.4. The van der Waals surface area contributed by atoms with Crippen LogP contribution in [0.2, 0.25) is 30.1 Å². The lowest BCUT2D eigenvalue weighted by atomic mass is 9.77. The third kappa shape index (κ3) is 12.5. The Hall–Kier alpha value is -6.04. The summed E-state index contributed by atoms with van der Waals surface area (Å²) in [5, 5.41) is 42.6. The van der Waals surface area contributed by atoms with Crippen molar-refractivity contribution in [2.75, 3.05) is 26.7 Å². The topological polar surface area (TPSA) is 203 Å². The maximum atomic E-state index is 13.6. The second kappa shape index (κ2) is 26.6. The van der Waals surface area contributed by atoms with Crippen LogP contribution in [0.15, 0.2) is 132 Å². The third-order valence-electron chi connectivity index (χ3n) is 15.3. The molecule has 456 valence electrons. The largest absolute Gasteiger partial charge is 0.492 e. The van der Waals surface area contributed by atoms with Crippen LogP contribution in [0.5, 0.6) is 0 Å². The van der Waals surface area contributed by atoms with Gasteiger partial charge in [0.2, 0.25) is 0 Å². The summed E-state index contributed by atoms with van der Waals surface area (Å²) in [6.07, 6.45) is 4.37. The maximum Gasteiger partial charge on any atom is 0.492 e. The molecule has 0 saturated heterocycles. The zero-order valence-corrected chi connectivity index (χ0v) is 50.6. The number of carbonyl (C=O) groups is 2. The maximum absolute atomic E-state index is 13.6. The molecule has 4 aromatic heterocycles. The van der Waals surface area contributed by atoms with Crippen molar-refractivity contribution >= 4 is 142 Å². The average Bonchev–Trinajstić information content (AvgIpc) is 2.07. The van der Waals surface area contributed by atoms with Crippen LogP contribution in [-0.4, -0.2) is 88.2 Å². The summed E-state index contributed by atoms with van der Waals surface area (Å²) in [6, 6.07) is 30.6. The number of nitrogens with two attached hydrogens (primary N) is 1. The Kier molecular flexibility index (Phi) is 20.4. The van der Waals surface area contributed by atoms with Crippen LogP contribution in [0.1, 0.15) is 99.6 Å². The van der Waals surface area contributed by atoms with Gasteiger partial charge in [-0.2, -0.15) is 0 Å². The second-order valence-electron chi connectivity index (χ2n) is 20.9. The number of carbonyl (C=O) groups excluding carboxylic acids is 1. The Labute approximate surface area is 533 Å². The molecule has 8 heterocycles. The van der Waals surface area contributed by atoms with Crippen LogP contribution in [0, 0.1) is 0 Å². The minimum atomic E-state index is -1.81. The Bertz CT molecular complexity index is 3980. The van der Waals surface area contributed by atoms with Crippen LogP contribution in [0.4, 0.5) is 17.6 Å². The molecule has 0 spiro atoms. The molecule has 12 rings (SSSR count). The molecular formula is C59H53B2Cl7F4N6O9. The van der Waals surface area contributed by atoms with Crippen molar-refractivity contribution in [1.29, 1.82) is 0 Å². The van der Waals surface area contributed by atoms with E-state index in [0.717, 1.165) is 38.9 Å². The van der Waals surface area contributed by atoms with E-state index in [1.807, 2.05) is 38.1 Å². The van der Waals surface area contributed by atoms with Gasteiger partial charge in [-0.15, -0.1) is 12.4 Å². The van der Waals surface area contributed by atoms with Gasteiger partial charge in [-0.25, -0.2) is 22.4 Å². The molecule has 15 nitrogen and oxygen atoms in total. The highest BCUT2D eigenvalue weighted by Crippen LogP contribution is 2.44. The van der Waals surface area contributed by atoms with Crippen molar-refractivity contribution in [2.45, 2.75) is 69.6 Å². The smallest absolute Gasteiger partial charge is 0.477 e. The molecule has 4 aliphatic rings. The normalized spacial score (nSPS) is 18.4. The molecule has 6 N–H and O–H groups in total. The number of carboxylic acid groups (broad SMARTS) is 1. The van der Waals surface area contributed by atoms with Crippen molar-refractivity contribution in [3.8, 4) is 0 Å². The van der Waals surface area contributed by atoms with E-state index in [0.29, 0.717) is 78.2 Å². The van der Waals surface area contributed by atoms with E-state index in [-0.39, 0.29) is 54.0 Å². The van der Waals surface area contributed by atoms with E-state index < -0.39 is 69.3 Å². The quantitative estimate of drug-likeness (QED) is 0.0420. The average molecular weight is 1340 g/mol. The number of nitrogens with zero attached hydrogens (tertiary/aromatic N) is 4. The van der Waals surface area contributed by atoms with Crippen LogP contribution in [0.3, 0.4) is 0 Å². The van der Waals surface area contributed by atoms with Gasteiger partial charge in [-0.05, 0) is 120 Å². The number of hydrogen-bond acceptors (Lipinski definition) is 11. The van der Waals surface area contributed by atoms with Crippen LogP contribution >= 0.6 is 82.0 Å². The van der Waals surface area contributed by atoms with Gasteiger partial charge >= 0.3 is 20.2 Å². The van der Waals surface area contributed by atoms with Crippen molar-refractivity contribution < 1.29 is 61.3 Å². The number of oxime groups is 2. The van der Waals surface area contributed by atoms with Crippen LogP contribution in [0.25, 0.3) is 11.0 Å². The summed E-state index contributed by atoms with van der Waals surface area (Å²) in [7, 11) is -2.74. The fraction of sp³-hybridized carbons (Fsp3) is 0.254. The highest BCUT2D eigenvalue weighted by Gasteiger charge is 2.49. The Morgan fingerprint density at radius 1 is 0.621 bits per heavy atom. The monoisotopic (exact) mass is 1330 g/mol. The number of halogens is 11. The number of alkyl halides is 4. The lowest BCUT2D eigenvalue weighted by Gasteiger charge is -2.23. The fourth-order valence-electron chi connectivity index (χ4n) is 10.7. The van der Waals surface area contributed by atoms with Gasteiger partial charge in [-0.1, -0.05) is 124 Å². The van der Waals surface area contributed by atoms with Gasteiger partial charge in [0.15, 0.2) is 11.2 Å². The molecule has 0 bridgehead atoms. The van der Waals surface area contributed by atoms with E-state index in [1.54, 1.807) is 100 Å². The molecule has 0 fully saturated rings. The molecule has 4 aromatic carbocycles. The first-order valence-electron chi connectivity index (χ1n) is 26.0. The number of aromatic nitrogens is 2. The summed E-state index contributed by atoms with van der Waals surface area (Å²) in [6.45, 7) is -0.0195. The summed E-state index contributed by atoms with van der Waals surface area (Å²) in [5.74, 6) is -1.34. The molecule has 2 unspecified atom stereocenters. The van der Waals surface area contributed by atoms with E-state index in [2.05, 4.69) is 15.6 Å². The molecule has 8 aromatic rings. The number of benzene rings is 4. The van der Waals surface area contributed by atoms with Crippen molar-refractivity contribution in [1.82, 2.24) is 14.1 Å². The number of hydrogen-bond donors (Lipinski definition) is 5. The first-order valence-corrected chi connectivity index (χ1v) is 28.3. The van der Waals surface area contributed by atoms with Crippen LogP contribution < -0.4 is 22.0 Å². The molecule has 0 aliphatic carbocycles. The van der Waals surface area contributed by atoms with E-state index in [1.165, 1.54) is 6.07 Å². The number of nitrogens with one attached hydrogen (secondary N) is 1. The summed E-state index contributed by atoms with van der Waals surface area (Å²) < 4.78 is 66.5. The molecule has 2 atom stereocenters. The zero-order valence-electron chi connectivity index (χ0n) is 45.2. The lowest BCUT2D eigenvalue weighted by Crippen LogP contribution is -2.33. The minimum absolute atomic E-state index is 0. The number of rotatable bonds is 13. The molecular weight excluding hydrogens is 1280 g/mol. The van der Waals surface area contributed by atoms with E-state index >= 15 is 0 Å². The minimum Gasteiger partial charge on any atom is -0.477 e. The highest BCUT2D eigenvalue weighted by atomic mass is 35.5. The first kappa shape index (κ1) is 66.9. The van der Waals surface area contributed by atoms with E-state index in [9.17, 15) is 42.3 Å². The predicted molar refractivity (Wildman–Crippen MR) is 334 cm³/mol. The standard InChI is InChI=1S/C29H23BCl3F2N3O4.C19H13Cl3N2O3.C10H12BF2NO2.CH4.ClH/c1-28(17-10-21(31)26(33)22(32)11-17)12-23(37-42-28)18-5-7-25(38-8-2-3-24(18)38)27(39)36-13-16-4-6-19-20(9-16)30(40)41-29(19,14-34)15-35;1-19(10-7-12(20)17(22)13(21)8-10)9-14(23-27-19)11-4-5-16(18(25)26)24-6-2-3-15(11)24;12-5-10(6-13)8-2-1-7(4-14)3-9(8)11(15)16-10;;/h2-11,40H,12-15H2,1H3,(H,36,39);2-8H,9H2,1H3,(H,25,26);1-3,15H,4-6,14H2;1H4;1H. The van der Waals surface area contributed by atoms with Gasteiger partial charge in [0.1, 0.15) is 49.3 Å². The molecule has 28 heteroatoms. The van der Waals surface area contributed by atoms with Crippen molar-refractivity contribution in [3.63, 3.8) is 0 Å². The molecule has 4 aliphatic heterocycles. The summed E-state index contributed by atoms with van der Waals surface area (Å²) in [4.78, 5) is 36.3. The Balaban J connectivity index is 0.000000186. The zero-order chi connectivity index (χ0) is 60.9. The van der Waals surface area contributed by atoms with Gasteiger partial charge < -0.3 is 54.0 Å². The Morgan fingerprint density at radius 2 is 1.02 bits per heavy atom. The SMILES string of the molecule is C.CC1(c2cc(Cl)c(Cl)c(Cl)c2)CC(c2ccc(C(=O)NCc3ccc4c(c3)B(O)OC4(CF)CF)n3cccc23)=NO1.CC1(c2cc(Cl)c(Cl)c(Cl)c2)CC(c2ccc(C(=O)O)n3cccc23)=NO1.Cl.NCc1ccc2c(c1)B(O)OC2(CF)CF. The van der Waals surface area contributed by atoms with Gasteiger partial charge in [0, 0.05) is 60.6 Å². The van der Waals surface area contributed by atoms with Gasteiger partial charge in [-0.3, -0.25) is 4.79 Å². The van der Waals surface area contributed by atoms with E-state index in [4.69, 9.17) is 94.3 Å². The third-order valence-corrected chi connectivity index (χ3v) is 17.7. The molecule has 87 heavy (non-hydrogen) atoms. The number of fused-ring (bicyclic) bond motifs is 4. The first-order chi connectivity index (χ1) is 40.5. The molecule has 1 amide bonds. The summed E-state index contributed by atoms with van der Waals surface area (Å²) in [5.41, 5.74) is 9.69. The van der Waals surface area contributed by atoms with Gasteiger partial charge in [0.25, 0.3) is 5.91 Å². The summed E-state index contributed by atoms with van der Waals surface area (Å²) >= 11 is 37.0. The molecule has 0 saturated carbocycles. The number of carboxylic acids is 1. The fourth-order valence-corrected chi connectivity index (χ4v) is 11.9. The number of pyridine rings is 2. The van der Waals surface area contributed by atoms with Gasteiger partial charge in [0.05, 0.1) is 52.6 Å². The number of amides is 1. The van der Waals surface area contributed by atoms with Crippen molar-refractivity contribution in [3.05, 3.63) is 208 Å². The lowest BCUT2D eigenvalue weighted by molar-refractivity contribution is -0.00755. The highest BCUT2D eigenvalue weighted by molar-refractivity contribution is 6.62. The number of aromatic carboxylic acids is 1.